The molecule has 7 atom stereocenters. The number of aldehydes is 1. The van der Waals surface area contributed by atoms with Gasteiger partial charge < -0.3 is 32.6 Å². The van der Waals surface area contributed by atoms with Gasteiger partial charge in [-0.25, -0.2) is 0 Å². The molecule has 0 saturated carbocycles. The maximum absolute atomic E-state index is 12.2. The first-order valence-corrected chi connectivity index (χ1v) is 23.2. The van der Waals surface area contributed by atoms with Crippen molar-refractivity contribution in [3.63, 3.8) is 0 Å². The van der Waals surface area contributed by atoms with Gasteiger partial charge in [0, 0.05) is 12.8 Å². The Hall–Kier alpha value is -1.70. The second-order valence-corrected chi connectivity index (χ2v) is 23.0. The third-order valence-corrected chi connectivity index (χ3v) is 20.4. The van der Waals surface area contributed by atoms with Crippen molar-refractivity contribution in [2.45, 2.75) is 153 Å². The summed E-state index contributed by atoms with van der Waals surface area (Å²) in [5.41, 5.74) is 1.41. The first kappa shape index (κ1) is 38.1. The van der Waals surface area contributed by atoms with E-state index < -0.39 is 34.4 Å². The lowest BCUT2D eigenvalue weighted by Crippen LogP contribution is -2.73. The van der Waals surface area contributed by atoms with Crippen LogP contribution in [-0.4, -0.2) is 71.8 Å². The molecule has 2 aromatic rings. The number of fused-ring (bicyclic) bond motifs is 1. The smallest absolute Gasteiger partial charge is 0.192 e. The molecule has 9 heteroatoms. The normalized spacial score (nSPS) is 28.1. The van der Waals surface area contributed by atoms with Gasteiger partial charge in [0.2, 0.25) is 0 Å². The van der Waals surface area contributed by atoms with Crippen molar-refractivity contribution in [3.05, 3.63) is 71.8 Å². The highest BCUT2D eigenvalue weighted by molar-refractivity contribution is 6.74. The van der Waals surface area contributed by atoms with Crippen LogP contribution in [0.15, 0.2) is 60.7 Å². The van der Waals surface area contributed by atoms with Crippen molar-refractivity contribution in [2.75, 3.05) is 6.61 Å². The average molecular weight is 685 g/mol. The monoisotopic (exact) mass is 684 g/mol. The summed E-state index contributed by atoms with van der Waals surface area (Å²) in [4.78, 5) is 12.2. The van der Waals surface area contributed by atoms with Crippen LogP contribution >= 0.6 is 0 Å². The van der Waals surface area contributed by atoms with E-state index in [1.54, 1.807) is 0 Å². The summed E-state index contributed by atoms with van der Waals surface area (Å²) in [5, 5.41) is 0. The zero-order valence-corrected chi connectivity index (χ0v) is 32.0. The van der Waals surface area contributed by atoms with Crippen molar-refractivity contribution < 1.29 is 32.6 Å². The molecule has 0 aromatic heterocycles. The standard InChI is InChI=1S/C38H60O7Si2/c1-8-46(9-2,10-3)44-36-32(24-25-39)42-35-26-33(41-28-31-22-18-15-19-23-31)34(29-40-27-30-20-16-14-17-21-30)43-38(35,7)37(36)45-47(11-4,12-5)13-6/h14-23,25,32-37H,8-13,24,26-29H2,1-7H3/t32-,33-,34+,35+,36-,37-,38+/m1/s1. The minimum Gasteiger partial charge on any atom is -0.409 e. The molecule has 0 spiro atoms. The van der Waals surface area contributed by atoms with Crippen molar-refractivity contribution in [1.82, 2.24) is 0 Å². The molecule has 0 N–H and O–H groups in total. The number of hydrogen-bond acceptors (Lipinski definition) is 7. The minimum absolute atomic E-state index is 0.261. The first-order chi connectivity index (χ1) is 22.7. The van der Waals surface area contributed by atoms with Gasteiger partial charge in [0.25, 0.3) is 0 Å². The van der Waals surface area contributed by atoms with E-state index >= 15 is 0 Å². The topological polar surface area (TPSA) is 72.5 Å². The molecule has 0 bridgehead atoms. The lowest BCUT2D eigenvalue weighted by Gasteiger charge is -2.59. The van der Waals surface area contributed by atoms with Crippen LogP contribution in [0.2, 0.25) is 36.3 Å². The fourth-order valence-corrected chi connectivity index (χ4v) is 13.2. The van der Waals surface area contributed by atoms with Crippen LogP contribution in [0.1, 0.15) is 72.4 Å². The SMILES string of the molecule is CC[Si](CC)(CC)O[C@H]1[C@@H](O[Si](CC)(CC)CC)[C@@]2(C)O[C@@H](COCc3ccccc3)[C@H](OCc3ccccc3)C[C@@H]2O[C@@H]1CC=O. The van der Waals surface area contributed by atoms with E-state index in [1.807, 2.05) is 36.4 Å². The van der Waals surface area contributed by atoms with Gasteiger partial charge in [0.05, 0.1) is 44.2 Å². The number of benzene rings is 2. The summed E-state index contributed by atoms with van der Waals surface area (Å²) < 4.78 is 41.9. The molecule has 262 valence electrons. The fourth-order valence-electron chi connectivity index (χ4n) is 7.45. The molecule has 2 aliphatic rings. The van der Waals surface area contributed by atoms with Gasteiger partial charge in [-0.1, -0.05) is 102 Å². The van der Waals surface area contributed by atoms with E-state index in [2.05, 4.69) is 72.7 Å². The molecule has 4 rings (SSSR count). The average Bonchev–Trinajstić information content (AvgIpc) is 3.11. The van der Waals surface area contributed by atoms with Gasteiger partial charge in [-0.05, 0) is 54.3 Å². The molecule has 2 saturated heterocycles. The molecule has 0 unspecified atom stereocenters. The Morgan fingerprint density at radius 2 is 1.30 bits per heavy atom. The third kappa shape index (κ3) is 9.11. The summed E-state index contributed by atoms with van der Waals surface area (Å²) in [5.74, 6) is 0. The van der Waals surface area contributed by atoms with Crippen molar-refractivity contribution in [3.8, 4) is 0 Å². The van der Waals surface area contributed by atoms with E-state index in [1.165, 1.54) is 0 Å². The molecule has 2 heterocycles. The second-order valence-electron chi connectivity index (χ2n) is 13.6. The van der Waals surface area contributed by atoms with Gasteiger partial charge in [-0.15, -0.1) is 0 Å². The highest BCUT2D eigenvalue weighted by Crippen LogP contribution is 2.47. The molecule has 0 radical (unpaired) electrons. The highest BCUT2D eigenvalue weighted by atomic mass is 28.4. The Balaban J connectivity index is 1.72. The maximum atomic E-state index is 12.2. The number of rotatable bonds is 19. The predicted octanol–water partition coefficient (Wildman–Crippen LogP) is 8.47. The Bertz CT molecular complexity index is 1180. The summed E-state index contributed by atoms with van der Waals surface area (Å²) >= 11 is 0. The summed E-state index contributed by atoms with van der Waals surface area (Å²) in [6, 6.07) is 26.5. The Labute approximate surface area is 286 Å². The van der Waals surface area contributed by atoms with E-state index in [9.17, 15) is 4.79 Å². The first-order valence-electron chi connectivity index (χ1n) is 18.1. The van der Waals surface area contributed by atoms with Crippen LogP contribution in [0.4, 0.5) is 0 Å². The molecule has 2 aromatic carbocycles. The highest BCUT2D eigenvalue weighted by Gasteiger charge is 2.62. The lowest BCUT2D eigenvalue weighted by atomic mass is 9.78. The molecule has 0 amide bonds. The predicted molar refractivity (Wildman–Crippen MR) is 192 cm³/mol. The van der Waals surface area contributed by atoms with Crippen LogP contribution < -0.4 is 0 Å². The van der Waals surface area contributed by atoms with Gasteiger partial charge in [0.15, 0.2) is 16.6 Å². The number of carbonyl (C=O) groups excluding carboxylic acids is 1. The van der Waals surface area contributed by atoms with Crippen LogP contribution in [0, 0.1) is 0 Å². The zero-order chi connectivity index (χ0) is 33.9. The summed E-state index contributed by atoms with van der Waals surface area (Å²) in [6.07, 6.45) is -0.259. The van der Waals surface area contributed by atoms with E-state index in [4.69, 9.17) is 27.8 Å². The molecule has 2 fully saturated rings. The van der Waals surface area contributed by atoms with Crippen LogP contribution in [-0.2, 0) is 45.8 Å². The van der Waals surface area contributed by atoms with Gasteiger partial charge in [0.1, 0.15) is 24.1 Å². The summed E-state index contributed by atoms with van der Waals surface area (Å²) in [7, 11) is -4.26. The van der Waals surface area contributed by atoms with E-state index in [0.29, 0.717) is 26.2 Å². The second kappa shape index (κ2) is 17.8. The summed E-state index contributed by atoms with van der Waals surface area (Å²) in [6.45, 7) is 17.0. The Kier molecular flexibility index (Phi) is 14.4. The van der Waals surface area contributed by atoms with Crippen LogP contribution in [0.25, 0.3) is 0 Å². The van der Waals surface area contributed by atoms with Crippen molar-refractivity contribution >= 4 is 22.9 Å². The van der Waals surface area contributed by atoms with E-state index in [0.717, 1.165) is 53.7 Å². The van der Waals surface area contributed by atoms with Crippen LogP contribution in [0.3, 0.4) is 0 Å². The third-order valence-electron chi connectivity index (χ3n) is 11.1. The minimum atomic E-state index is -2.15. The molecule has 7 nitrogen and oxygen atoms in total. The number of ether oxygens (including phenoxy) is 4. The Morgan fingerprint density at radius 1 is 0.766 bits per heavy atom. The molecule has 2 aliphatic heterocycles. The zero-order valence-electron chi connectivity index (χ0n) is 30.0. The fraction of sp³-hybridized carbons (Fsp3) is 0.658. The number of carbonyl (C=O) groups is 1. The van der Waals surface area contributed by atoms with Crippen molar-refractivity contribution in [2.24, 2.45) is 0 Å². The molecule has 47 heavy (non-hydrogen) atoms. The van der Waals surface area contributed by atoms with Gasteiger partial charge >= 0.3 is 0 Å². The molecular weight excluding hydrogens is 625 g/mol. The largest absolute Gasteiger partial charge is 0.409 e. The lowest BCUT2D eigenvalue weighted by molar-refractivity contribution is -0.326. The van der Waals surface area contributed by atoms with Crippen LogP contribution in [0.5, 0.6) is 0 Å². The molecule has 0 aliphatic carbocycles. The maximum Gasteiger partial charge on any atom is 0.192 e. The Morgan fingerprint density at radius 3 is 1.83 bits per heavy atom. The van der Waals surface area contributed by atoms with Gasteiger partial charge in [-0.2, -0.15) is 0 Å². The van der Waals surface area contributed by atoms with Crippen molar-refractivity contribution in [1.29, 1.82) is 0 Å². The quantitative estimate of drug-likeness (QED) is 0.109. The van der Waals surface area contributed by atoms with E-state index in [-0.39, 0.29) is 30.8 Å². The molecular formula is C38H60O7Si2. The number of hydrogen-bond donors (Lipinski definition) is 0. The van der Waals surface area contributed by atoms with Gasteiger partial charge in [-0.3, -0.25) is 0 Å².